The summed E-state index contributed by atoms with van der Waals surface area (Å²) in [5, 5.41) is 1.67. The molecule has 20 heavy (non-hydrogen) atoms. The van der Waals surface area contributed by atoms with E-state index in [9.17, 15) is 9.18 Å². The van der Waals surface area contributed by atoms with Gasteiger partial charge in [-0.2, -0.15) is 0 Å². The predicted octanol–water partition coefficient (Wildman–Crippen LogP) is 4.26. The molecule has 3 aromatic rings. The molecule has 0 amide bonds. The van der Waals surface area contributed by atoms with Crippen LogP contribution in [-0.2, 0) is 0 Å². The average molecular weight is 286 g/mol. The smallest absolute Gasteiger partial charge is 0.198 e. The molecule has 0 bridgehead atoms. The summed E-state index contributed by atoms with van der Waals surface area (Å²) in [5.74, 6) is -1.04. The SMILES string of the molecule is O=C(c1c(F)cccc1Cl)c1cccc2cnccc12. The number of halogens is 2. The number of hydrogen-bond donors (Lipinski definition) is 0. The first kappa shape index (κ1) is 12.8. The summed E-state index contributed by atoms with van der Waals surface area (Å²) in [4.78, 5) is 16.6. The Morgan fingerprint density at radius 3 is 2.70 bits per heavy atom. The van der Waals surface area contributed by atoms with Crippen LogP contribution in [0.1, 0.15) is 15.9 Å². The van der Waals surface area contributed by atoms with Gasteiger partial charge in [-0.3, -0.25) is 9.78 Å². The summed E-state index contributed by atoms with van der Waals surface area (Å²) in [5.41, 5.74) is 0.315. The Hall–Kier alpha value is -2.26. The van der Waals surface area contributed by atoms with Gasteiger partial charge in [-0.05, 0) is 23.6 Å². The summed E-state index contributed by atoms with van der Waals surface area (Å²) >= 11 is 5.95. The normalized spacial score (nSPS) is 10.7. The lowest BCUT2D eigenvalue weighted by atomic mass is 9.98. The van der Waals surface area contributed by atoms with E-state index in [0.717, 1.165) is 10.8 Å². The number of carbonyl (C=O) groups excluding carboxylic acids is 1. The van der Waals surface area contributed by atoms with Gasteiger partial charge in [0.05, 0.1) is 10.6 Å². The second kappa shape index (κ2) is 5.02. The van der Waals surface area contributed by atoms with E-state index in [0.29, 0.717) is 5.56 Å². The zero-order chi connectivity index (χ0) is 14.1. The number of nitrogens with zero attached hydrogens (tertiary/aromatic N) is 1. The fraction of sp³-hybridized carbons (Fsp3) is 0. The van der Waals surface area contributed by atoms with Crippen molar-refractivity contribution in [2.75, 3.05) is 0 Å². The van der Waals surface area contributed by atoms with Crippen LogP contribution in [0.5, 0.6) is 0 Å². The standard InChI is InChI=1S/C16H9ClFNO/c17-13-5-2-6-14(18)15(13)16(20)12-4-1-3-10-9-19-8-7-11(10)12/h1-9H. The van der Waals surface area contributed by atoms with Crippen LogP contribution in [-0.4, -0.2) is 10.8 Å². The van der Waals surface area contributed by atoms with Crippen LogP contribution >= 0.6 is 11.6 Å². The first-order valence-electron chi connectivity index (χ1n) is 6.00. The van der Waals surface area contributed by atoms with E-state index >= 15 is 0 Å². The minimum absolute atomic E-state index is 0.0986. The van der Waals surface area contributed by atoms with Crippen molar-refractivity contribution >= 4 is 28.2 Å². The van der Waals surface area contributed by atoms with Gasteiger partial charge < -0.3 is 0 Å². The summed E-state index contributed by atoms with van der Waals surface area (Å²) in [6.45, 7) is 0. The topological polar surface area (TPSA) is 30.0 Å². The lowest BCUT2D eigenvalue weighted by Gasteiger charge is -2.07. The molecule has 0 aliphatic rings. The third kappa shape index (κ3) is 2.06. The molecule has 2 nitrogen and oxygen atoms in total. The van der Waals surface area contributed by atoms with Crippen molar-refractivity contribution < 1.29 is 9.18 Å². The molecule has 0 atom stereocenters. The molecule has 0 N–H and O–H groups in total. The molecule has 1 heterocycles. The summed E-state index contributed by atoms with van der Waals surface area (Å²) in [6, 6.07) is 11.2. The van der Waals surface area contributed by atoms with Crippen molar-refractivity contribution in [1.29, 1.82) is 0 Å². The van der Waals surface area contributed by atoms with Crippen molar-refractivity contribution in [2.24, 2.45) is 0 Å². The molecule has 0 saturated carbocycles. The first-order valence-corrected chi connectivity index (χ1v) is 6.38. The Balaban J connectivity index is 2.24. The van der Waals surface area contributed by atoms with Gasteiger partial charge in [-0.1, -0.05) is 35.9 Å². The van der Waals surface area contributed by atoms with E-state index in [1.54, 1.807) is 30.6 Å². The molecule has 3 rings (SSSR count). The molecule has 0 saturated heterocycles. The van der Waals surface area contributed by atoms with Gasteiger partial charge in [0.25, 0.3) is 0 Å². The van der Waals surface area contributed by atoms with Gasteiger partial charge in [-0.15, -0.1) is 0 Å². The summed E-state index contributed by atoms with van der Waals surface area (Å²) in [6.07, 6.45) is 3.26. The van der Waals surface area contributed by atoms with E-state index in [-0.39, 0.29) is 10.6 Å². The highest BCUT2D eigenvalue weighted by molar-refractivity contribution is 6.35. The summed E-state index contributed by atoms with van der Waals surface area (Å²) < 4.78 is 13.9. The van der Waals surface area contributed by atoms with Crippen molar-refractivity contribution in [3.8, 4) is 0 Å². The Morgan fingerprint density at radius 1 is 1.10 bits per heavy atom. The van der Waals surface area contributed by atoms with Crippen LogP contribution < -0.4 is 0 Å². The molecule has 0 aliphatic heterocycles. The average Bonchev–Trinajstić information content (AvgIpc) is 2.46. The van der Waals surface area contributed by atoms with Gasteiger partial charge in [0, 0.05) is 23.3 Å². The Labute approximate surface area is 119 Å². The molecule has 0 aliphatic carbocycles. The molecular weight excluding hydrogens is 277 g/mol. The fourth-order valence-corrected chi connectivity index (χ4v) is 2.42. The van der Waals surface area contributed by atoms with Gasteiger partial charge >= 0.3 is 0 Å². The van der Waals surface area contributed by atoms with E-state index in [2.05, 4.69) is 4.98 Å². The second-order valence-electron chi connectivity index (χ2n) is 4.33. The highest BCUT2D eigenvalue weighted by Gasteiger charge is 2.19. The lowest BCUT2D eigenvalue weighted by molar-refractivity contribution is 0.103. The lowest BCUT2D eigenvalue weighted by Crippen LogP contribution is -2.06. The van der Waals surface area contributed by atoms with E-state index in [4.69, 9.17) is 11.6 Å². The van der Waals surface area contributed by atoms with E-state index in [1.807, 2.05) is 6.07 Å². The number of hydrogen-bond acceptors (Lipinski definition) is 2. The highest BCUT2D eigenvalue weighted by atomic mass is 35.5. The maximum atomic E-state index is 13.9. The third-order valence-electron chi connectivity index (χ3n) is 3.12. The van der Waals surface area contributed by atoms with Crippen molar-refractivity contribution in [3.05, 3.63) is 76.8 Å². The number of carbonyl (C=O) groups is 1. The molecule has 2 aromatic carbocycles. The minimum Gasteiger partial charge on any atom is -0.288 e. The molecule has 1 aromatic heterocycles. The molecule has 0 spiro atoms. The maximum absolute atomic E-state index is 13.9. The van der Waals surface area contributed by atoms with Crippen LogP contribution in [0.2, 0.25) is 5.02 Å². The Morgan fingerprint density at radius 2 is 1.90 bits per heavy atom. The molecule has 98 valence electrons. The number of benzene rings is 2. The second-order valence-corrected chi connectivity index (χ2v) is 4.74. The maximum Gasteiger partial charge on any atom is 0.198 e. The Bertz CT molecular complexity index is 791. The van der Waals surface area contributed by atoms with Gasteiger partial charge in [0.15, 0.2) is 5.78 Å². The van der Waals surface area contributed by atoms with E-state index < -0.39 is 11.6 Å². The largest absolute Gasteiger partial charge is 0.288 e. The first-order chi connectivity index (χ1) is 9.68. The van der Waals surface area contributed by atoms with Crippen molar-refractivity contribution in [2.45, 2.75) is 0 Å². The van der Waals surface area contributed by atoms with Gasteiger partial charge in [0.2, 0.25) is 0 Å². The number of fused-ring (bicyclic) bond motifs is 1. The zero-order valence-electron chi connectivity index (χ0n) is 10.3. The van der Waals surface area contributed by atoms with Crippen LogP contribution in [0.25, 0.3) is 10.8 Å². The number of ketones is 1. The number of pyridine rings is 1. The van der Waals surface area contributed by atoms with Crippen LogP contribution in [0.3, 0.4) is 0 Å². The Kier molecular flexibility index (Phi) is 3.20. The summed E-state index contributed by atoms with van der Waals surface area (Å²) in [7, 11) is 0. The predicted molar refractivity (Wildman–Crippen MR) is 76.6 cm³/mol. The monoisotopic (exact) mass is 285 g/mol. The minimum atomic E-state index is -0.617. The fourth-order valence-electron chi connectivity index (χ4n) is 2.17. The number of rotatable bonds is 2. The molecule has 0 radical (unpaired) electrons. The number of aromatic nitrogens is 1. The highest BCUT2D eigenvalue weighted by Crippen LogP contribution is 2.26. The van der Waals surface area contributed by atoms with Gasteiger partial charge in [0.1, 0.15) is 5.82 Å². The molecular formula is C16H9ClFNO. The quantitative estimate of drug-likeness (QED) is 0.659. The van der Waals surface area contributed by atoms with Crippen molar-refractivity contribution in [1.82, 2.24) is 4.98 Å². The molecule has 0 fully saturated rings. The van der Waals surface area contributed by atoms with E-state index in [1.165, 1.54) is 18.2 Å². The van der Waals surface area contributed by atoms with Crippen LogP contribution in [0.15, 0.2) is 54.9 Å². The zero-order valence-corrected chi connectivity index (χ0v) is 11.1. The molecule has 4 heteroatoms. The van der Waals surface area contributed by atoms with Gasteiger partial charge in [-0.25, -0.2) is 4.39 Å². The van der Waals surface area contributed by atoms with Crippen LogP contribution in [0.4, 0.5) is 4.39 Å². The third-order valence-corrected chi connectivity index (χ3v) is 3.43. The van der Waals surface area contributed by atoms with Crippen molar-refractivity contribution in [3.63, 3.8) is 0 Å². The van der Waals surface area contributed by atoms with Crippen LogP contribution in [0, 0.1) is 5.82 Å². The molecule has 0 unspecified atom stereocenters.